The van der Waals surface area contributed by atoms with Gasteiger partial charge in [-0.1, -0.05) is 11.6 Å². The Morgan fingerprint density at radius 3 is 2.79 bits per heavy atom. The molecule has 2 heterocycles. The molecule has 2 aromatic rings. The highest BCUT2D eigenvalue weighted by molar-refractivity contribution is 6.31. The van der Waals surface area contributed by atoms with Crippen molar-refractivity contribution in [1.29, 1.82) is 0 Å². The van der Waals surface area contributed by atoms with E-state index in [0.717, 1.165) is 17.9 Å². The van der Waals surface area contributed by atoms with Gasteiger partial charge in [0.15, 0.2) is 0 Å². The van der Waals surface area contributed by atoms with Crippen LogP contribution in [0.5, 0.6) is 5.75 Å². The van der Waals surface area contributed by atoms with Crippen LogP contribution >= 0.6 is 11.6 Å². The van der Waals surface area contributed by atoms with Gasteiger partial charge in [0.05, 0.1) is 34.9 Å². The van der Waals surface area contributed by atoms with Gasteiger partial charge in [-0.25, -0.2) is 0 Å². The molecule has 0 atom stereocenters. The van der Waals surface area contributed by atoms with E-state index in [4.69, 9.17) is 21.4 Å². The van der Waals surface area contributed by atoms with Gasteiger partial charge in [0.1, 0.15) is 12.4 Å². The summed E-state index contributed by atoms with van der Waals surface area (Å²) in [5.74, 6) is 0.634. The molecule has 102 valence electrons. The monoisotopic (exact) mass is 281 g/mol. The first-order valence-corrected chi connectivity index (χ1v) is 6.43. The Morgan fingerprint density at radius 1 is 1.42 bits per heavy atom. The molecule has 0 aliphatic rings. The zero-order chi connectivity index (χ0) is 13.8. The zero-order valence-electron chi connectivity index (χ0n) is 10.9. The summed E-state index contributed by atoms with van der Waals surface area (Å²) in [6, 6.07) is 3.49. The average Bonchev–Trinajstić information content (AvgIpc) is 2.72. The van der Waals surface area contributed by atoms with Gasteiger partial charge in [0.2, 0.25) is 0 Å². The number of rotatable bonds is 5. The van der Waals surface area contributed by atoms with E-state index in [1.807, 2.05) is 18.5 Å². The van der Waals surface area contributed by atoms with E-state index < -0.39 is 0 Å². The summed E-state index contributed by atoms with van der Waals surface area (Å²) >= 11 is 6.19. The normalized spacial score (nSPS) is 10.7. The number of aromatic nitrogens is 3. The molecule has 0 aliphatic heterocycles. The lowest BCUT2D eigenvalue weighted by Gasteiger charge is -2.08. The smallest absolute Gasteiger partial charge is 0.138 e. The third kappa shape index (κ3) is 3.05. The van der Waals surface area contributed by atoms with Gasteiger partial charge in [-0.05, 0) is 26.0 Å². The second kappa shape index (κ2) is 6.04. The minimum Gasteiger partial charge on any atom is -0.486 e. The Kier molecular flexibility index (Phi) is 4.39. The van der Waals surface area contributed by atoms with Crippen LogP contribution in [-0.4, -0.2) is 19.9 Å². The minimum atomic E-state index is -0.0755. The molecule has 0 bridgehead atoms. The van der Waals surface area contributed by atoms with Crippen LogP contribution < -0.4 is 4.74 Å². The third-order valence-electron chi connectivity index (χ3n) is 2.79. The Balaban J connectivity index is 2.09. The second-order valence-corrected chi connectivity index (χ2v) is 4.47. The van der Waals surface area contributed by atoms with Gasteiger partial charge in [0, 0.05) is 6.54 Å². The molecule has 0 aromatic carbocycles. The number of ether oxygens (including phenoxy) is 1. The van der Waals surface area contributed by atoms with Crippen molar-refractivity contribution in [2.75, 3.05) is 0 Å². The lowest BCUT2D eigenvalue weighted by Crippen LogP contribution is -2.06. The third-order valence-corrected chi connectivity index (χ3v) is 3.28. The number of hydrogen-bond acceptors (Lipinski definition) is 4. The lowest BCUT2D eigenvalue weighted by molar-refractivity contribution is 0.274. The molecule has 0 unspecified atom stereocenters. The number of nitrogens with zero attached hydrogens (tertiary/aromatic N) is 3. The standard InChI is InChI=1S/C13H16ClN3O2/c1-3-17-12(13(14)9(2)16-17)8-19-11-5-4-10(7-18)15-6-11/h4-6,18H,3,7-8H2,1-2H3. The Hall–Kier alpha value is -1.59. The fourth-order valence-corrected chi connectivity index (χ4v) is 1.94. The molecule has 0 amide bonds. The summed E-state index contributed by atoms with van der Waals surface area (Å²) < 4.78 is 7.47. The molecule has 1 N–H and O–H groups in total. The lowest BCUT2D eigenvalue weighted by atomic mass is 10.3. The van der Waals surface area contributed by atoms with Crippen LogP contribution in [0.15, 0.2) is 18.3 Å². The van der Waals surface area contributed by atoms with Crippen LogP contribution in [0, 0.1) is 6.92 Å². The van der Waals surface area contributed by atoms with Crippen LogP contribution in [0.4, 0.5) is 0 Å². The van der Waals surface area contributed by atoms with Gasteiger partial charge < -0.3 is 9.84 Å². The van der Waals surface area contributed by atoms with Crippen LogP contribution in [0.3, 0.4) is 0 Å². The molecular weight excluding hydrogens is 266 g/mol. The molecule has 0 spiro atoms. The summed E-state index contributed by atoms with van der Waals surface area (Å²) in [5.41, 5.74) is 2.27. The maximum Gasteiger partial charge on any atom is 0.138 e. The van der Waals surface area contributed by atoms with E-state index in [1.54, 1.807) is 18.3 Å². The highest BCUT2D eigenvalue weighted by atomic mass is 35.5. The summed E-state index contributed by atoms with van der Waals surface area (Å²) in [6.45, 7) is 4.88. The van der Waals surface area contributed by atoms with Gasteiger partial charge in [-0.3, -0.25) is 9.67 Å². The number of aryl methyl sites for hydroxylation is 2. The van der Waals surface area contributed by atoms with Gasteiger partial charge in [-0.15, -0.1) is 0 Å². The highest BCUT2D eigenvalue weighted by Gasteiger charge is 2.13. The van der Waals surface area contributed by atoms with Gasteiger partial charge in [0.25, 0.3) is 0 Å². The SMILES string of the molecule is CCn1nc(C)c(Cl)c1COc1ccc(CO)nc1. The Labute approximate surface area is 116 Å². The first-order valence-electron chi connectivity index (χ1n) is 6.06. The molecule has 0 saturated heterocycles. The predicted molar refractivity (Wildman–Crippen MR) is 72.1 cm³/mol. The van der Waals surface area contributed by atoms with Crippen molar-refractivity contribution in [2.24, 2.45) is 0 Å². The largest absolute Gasteiger partial charge is 0.486 e. The van der Waals surface area contributed by atoms with Crippen LogP contribution in [-0.2, 0) is 19.8 Å². The molecule has 2 aromatic heterocycles. The molecule has 0 saturated carbocycles. The van der Waals surface area contributed by atoms with E-state index in [1.165, 1.54) is 0 Å². The number of hydrogen-bond donors (Lipinski definition) is 1. The van der Waals surface area contributed by atoms with E-state index in [0.29, 0.717) is 23.1 Å². The van der Waals surface area contributed by atoms with E-state index in [2.05, 4.69) is 10.1 Å². The molecule has 0 aliphatic carbocycles. The molecule has 2 rings (SSSR count). The molecule has 0 radical (unpaired) electrons. The summed E-state index contributed by atoms with van der Waals surface area (Å²) in [7, 11) is 0. The van der Waals surface area contributed by atoms with E-state index in [-0.39, 0.29) is 6.61 Å². The van der Waals surface area contributed by atoms with Crippen molar-refractivity contribution in [3.63, 3.8) is 0 Å². The topological polar surface area (TPSA) is 60.2 Å². The van der Waals surface area contributed by atoms with Crippen molar-refractivity contribution in [3.05, 3.63) is 40.4 Å². The van der Waals surface area contributed by atoms with E-state index >= 15 is 0 Å². The second-order valence-electron chi connectivity index (χ2n) is 4.09. The first-order chi connectivity index (χ1) is 9.15. The van der Waals surface area contributed by atoms with Crippen molar-refractivity contribution in [1.82, 2.24) is 14.8 Å². The number of pyridine rings is 1. The van der Waals surface area contributed by atoms with Crippen molar-refractivity contribution in [2.45, 2.75) is 33.6 Å². The number of halogens is 1. The minimum absolute atomic E-state index is 0.0755. The fraction of sp³-hybridized carbons (Fsp3) is 0.385. The van der Waals surface area contributed by atoms with Gasteiger partial charge >= 0.3 is 0 Å². The van der Waals surface area contributed by atoms with Gasteiger partial charge in [-0.2, -0.15) is 5.10 Å². The van der Waals surface area contributed by atoms with Crippen LogP contribution in [0.1, 0.15) is 24.0 Å². The summed E-state index contributed by atoms with van der Waals surface area (Å²) in [4.78, 5) is 4.05. The number of aliphatic hydroxyl groups is 1. The molecule has 19 heavy (non-hydrogen) atoms. The maximum atomic E-state index is 8.91. The van der Waals surface area contributed by atoms with Crippen LogP contribution in [0.2, 0.25) is 5.02 Å². The predicted octanol–water partition coefficient (Wildman–Crippen LogP) is 2.33. The quantitative estimate of drug-likeness (QED) is 0.914. The van der Waals surface area contributed by atoms with Crippen molar-refractivity contribution >= 4 is 11.6 Å². The first kappa shape index (κ1) is 13.8. The Morgan fingerprint density at radius 2 is 2.21 bits per heavy atom. The molecule has 5 nitrogen and oxygen atoms in total. The zero-order valence-corrected chi connectivity index (χ0v) is 11.7. The highest BCUT2D eigenvalue weighted by Crippen LogP contribution is 2.22. The van der Waals surface area contributed by atoms with Crippen LogP contribution in [0.25, 0.3) is 0 Å². The molecule has 6 heteroatoms. The average molecular weight is 282 g/mol. The van der Waals surface area contributed by atoms with Crippen molar-refractivity contribution in [3.8, 4) is 5.75 Å². The van der Waals surface area contributed by atoms with Crippen molar-refractivity contribution < 1.29 is 9.84 Å². The summed E-state index contributed by atoms with van der Waals surface area (Å²) in [6.07, 6.45) is 1.58. The molecular formula is C13H16ClN3O2. The summed E-state index contributed by atoms with van der Waals surface area (Å²) in [5, 5.41) is 13.9. The maximum absolute atomic E-state index is 8.91. The fourth-order valence-electron chi connectivity index (χ4n) is 1.75. The Bertz CT molecular complexity index is 552. The molecule has 0 fully saturated rings. The van der Waals surface area contributed by atoms with E-state index in [9.17, 15) is 0 Å². The number of aliphatic hydroxyl groups excluding tert-OH is 1.